The highest BCUT2D eigenvalue weighted by atomic mass is 16.5. The van der Waals surface area contributed by atoms with E-state index in [1.807, 2.05) is 49.9 Å². The lowest BCUT2D eigenvalue weighted by atomic mass is 9.76. The van der Waals surface area contributed by atoms with E-state index in [0.29, 0.717) is 13.1 Å². The van der Waals surface area contributed by atoms with Gasteiger partial charge < -0.3 is 39.9 Å². The standard InChI is InChI=1S/C53H64N8O6/c1-31(2)45(58-51(64)66-5)49(62)60-27-9-11-42(60)47-54-29-40(56-47)35-17-13-33(14-18-35)37-21-22-38(44-39(37)23-26-53(44)24-7-8-25-53)34-15-19-36(20-16-34)41-30-55-48(57-41)43-12-10-28-61(43)50(63)46(32(3)4)59-52(65)67-6/h13-22,29-32,42-43,45-46H,7-12,23-28H2,1-6H3,(H,54,56)(H,55,57)(H,58,64)(H,59,65). The molecule has 67 heavy (non-hydrogen) atoms. The van der Waals surface area contributed by atoms with Crippen molar-refractivity contribution in [2.24, 2.45) is 11.8 Å². The Kier molecular flexibility index (Phi) is 13.0. The molecule has 4 heterocycles. The minimum Gasteiger partial charge on any atom is -0.453 e. The molecule has 0 bridgehead atoms. The van der Waals surface area contributed by atoms with Gasteiger partial charge in [-0.2, -0.15) is 0 Å². The number of methoxy groups -OCH3 is 2. The quantitative estimate of drug-likeness (QED) is 0.0958. The average Bonchev–Trinajstić information content (AvgIpc) is 4.21. The SMILES string of the molecule is COC(=O)NC(C(=O)N1CCCC1c1ncc(-c2ccc(-c3ccc(-c4ccc(-c5cnc(C6CCCN6C(=O)C(NC(=O)OC)C(C)C)[nH]5)cc4)c4c3CCC43CCCC3)cc2)[nH]1)C(C)C. The summed E-state index contributed by atoms with van der Waals surface area (Å²) < 4.78 is 9.61. The molecule has 0 radical (unpaired) electrons. The molecule has 4 atom stereocenters. The number of carbonyl (C=O) groups is 4. The minimum atomic E-state index is -0.684. The molecule has 1 spiro atoms. The molecule has 14 heteroatoms. The highest BCUT2D eigenvalue weighted by Crippen LogP contribution is 2.55. The van der Waals surface area contributed by atoms with Gasteiger partial charge in [-0.1, -0.05) is 101 Å². The first-order valence-electron chi connectivity index (χ1n) is 24.2. The smallest absolute Gasteiger partial charge is 0.407 e. The molecule has 2 aliphatic heterocycles. The summed E-state index contributed by atoms with van der Waals surface area (Å²) in [5.74, 6) is 1.05. The molecule has 2 saturated heterocycles. The lowest BCUT2D eigenvalue weighted by Crippen LogP contribution is -2.51. The Morgan fingerprint density at radius 3 is 1.49 bits per heavy atom. The monoisotopic (exact) mass is 908 g/mol. The summed E-state index contributed by atoms with van der Waals surface area (Å²) in [7, 11) is 2.61. The molecular weight excluding hydrogens is 845 g/mol. The summed E-state index contributed by atoms with van der Waals surface area (Å²) in [4.78, 5) is 71.9. The van der Waals surface area contributed by atoms with E-state index >= 15 is 0 Å². The number of fused-ring (bicyclic) bond motifs is 2. The van der Waals surface area contributed by atoms with Crippen LogP contribution in [0.3, 0.4) is 0 Å². The van der Waals surface area contributed by atoms with E-state index < -0.39 is 24.3 Å². The van der Waals surface area contributed by atoms with Crippen molar-refractivity contribution in [3.05, 3.63) is 95.8 Å². The zero-order valence-corrected chi connectivity index (χ0v) is 39.6. The number of imidazole rings is 2. The number of amides is 4. The van der Waals surface area contributed by atoms with Crippen molar-refractivity contribution in [2.45, 2.75) is 121 Å². The summed E-state index contributed by atoms with van der Waals surface area (Å²) in [5.41, 5.74) is 12.0. The number of hydrogen-bond donors (Lipinski definition) is 4. The number of nitrogens with zero attached hydrogens (tertiary/aromatic N) is 4. The van der Waals surface area contributed by atoms with E-state index in [2.05, 4.69) is 81.3 Å². The molecule has 3 aromatic carbocycles. The molecule has 352 valence electrons. The Balaban J connectivity index is 0.933. The van der Waals surface area contributed by atoms with Gasteiger partial charge in [0, 0.05) is 13.1 Å². The molecule has 1 saturated carbocycles. The minimum absolute atomic E-state index is 0.102. The van der Waals surface area contributed by atoms with Crippen molar-refractivity contribution in [3.63, 3.8) is 0 Å². The first-order chi connectivity index (χ1) is 32.4. The molecule has 14 nitrogen and oxygen atoms in total. The number of rotatable bonds is 12. The second-order valence-electron chi connectivity index (χ2n) is 19.6. The Morgan fingerprint density at radius 2 is 1.04 bits per heavy atom. The largest absolute Gasteiger partial charge is 0.453 e. The molecule has 5 aromatic rings. The Hall–Kier alpha value is -6.44. The number of H-pyrrole nitrogens is 2. The third-order valence-electron chi connectivity index (χ3n) is 14.9. The highest BCUT2D eigenvalue weighted by Gasteiger charge is 2.44. The number of ether oxygens (including phenoxy) is 2. The fourth-order valence-corrected chi connectivity index (χ4v) is 11.4. The summed E-state index contributed by atoms with van der Waals surface area (Å²) >= 11 is 0. The number of alkyl carbamates (subject to hydrolysis) is 2. The van der Waals surface area contributed by atoms with E-state index in [-0.39, 0.29) is 41.1 Å². The lowest BCUT2D eigenvalue weighted by Gasteiger charge is -2.30. The number of aromatic nitrogens is 4. The summed E-state index contributed by atoms with van der Waals surface area (Å²) in [6.07, 6.45) is 13.0. The Labute approximate surface area is 393 Å². The fraction of sp³-hybridized carbons (Fsp3) is 0.472. The molecule has 2 aromatic heterocycles. The van der Waals surface area contributed by atoms with Crippen molar-refractivity contribution in [3.8, 4) is 44.8 Å². The van der Waals surface area contributed by atoms with Gasteiger partial charge in [0.2, 0.25) is 11.8 Å². The third kappa shape index (κ3) is 8.82. The molecule has 9 rings (SSSR count). The van der Waals surface area contributed by atoms with Crippen LogP contribution in [-0.2, 0) is 30.9 Å². The lowest BCUT2D eigenvalue weighted by molar-refractivity contribution is -0.136. The van der Waals surface area contributed by atoms with Gasteiger partial charge >= 0.3 is 12.2 Å². The highest BCUT2D eigenvalue weighted by molar-refractivity contribution is 5.87. The summed E-state index contributed by atoms with van der Waals surface area (Å²) in [5, 5.41) is 5.46. The maximum atomic E-state index is 13.7. The van der Waals surface area contributed by atoms with Gasteiger partial charge in [0.15, 0.2) is 0 Å². The zero-order valence-electron chi connectivity index (χ0n) is 39.6. The maximum Gasteiger partial charge on any atom is 0.407 e. The Bertz CT molecular complexity index is 2610. The molecule has 4 aliphatic rings. The van der Waals surface area contributed by atoms with Gasteiger partial charge in [-0.15, -0.1) is 0 Å². The van der Waals surface area contributed by atoms with Crippen molar-refractivity contribution >= 4 is 24.0 Å². The summed E-state index contributed by atoms with van der Waals surface area (Å²) in [6, 6.07) is 20.4. The number of benzene rings is 3. The van der Waals surface area contributed by atoms with E-state index in [1.165, 1.54) is 79.7 Å². The van der Waals surface area contributed by atoms with E-state index in [9.17, 15) is 19.2 Å². The zero-order chi connectivity index (χ0) is 47.0. The predicted molar refractivity (Wildman–Crippen MR) is 257 cm³/mol. The van der Waals surface area contributed by atoms with E-state index in [0.717, 1.165) is 66.3 Å². The van der Waals surface area contributed by atoms with Gasteiger partial charge in [0.25, 0.3) is 0 Å². The van der Waals surface area contributed by atoms with Gasteiger partial charge in [0.1, 0.15) is 23.7 Å². The van der Waals surface area contributed by atoms with Crippen molar-refractivity contribution < 1.29 is 28.7 Å². The molecule has 4 N–H and O–H groups in total. The molecule has 3 fully saturated rings. The second-order valence-corrected chi connectivity index (χ2v) is 19.6. The van der Waals surface area contributed by atoms with E-state index in [4.69, 9.17) is 19.4 Å². The van der Waals surface area contributed by atoms with Crippen molar-refractivity contribution in [2.75, 3.05) is 27.3 Å². The van der Waals surface area contributed by atoms with Gasteiger partial charge in [-0.3, -0.25) is 9.59 Å². The number of likely N-dealkylation sites (tertiary alicyclic amines) is 2. The van der Waals surface area contributed by atoms with Crippen LogP contribution < -0.4 is 10.6 Å². The van der Waals surface area contributed by atoms with Crippen molar-refractivity contribution in [1.82, 2.24) is 40.4 Å². The van der Waals surface area contributed by atoms with E-state index in [1.54, 1.807) is 0 Å². The molecule has 4 amide bonds. The first-order valence-corrected chi connectivity index (χ1v) is 24.2. The van der Waals surface area contributed by atoms with Crippen LogP contribution in [0.15, 0.2) is 73.1 Å². The average molecular weight is 909 g/mol. The molecule has 2 aliphatic carbocycles. The second kappa shape index (κ2) is 19.0. The normalized spacial score (nSPS) is 19.5. The predicted octanol–water partition coefficient (Wildman–Crippen LogP) is 9.65. The van der Waals surface area contributed by atoms with Gasteiger partial charge in [-0.05, 0) is 113 Å². The maximum absolute atomic E-state index is 13.7. The van der Waals surface area contributed by atoms with Crippen LogP contribution in [0, 0.1) is 11.8 Å². The van der Waals surface area contributed by atoms with Gasteiger partial charge in [-0.25, -0.2) is 19.6 Å². The van der Waals surface area contributed by atoms with Crippen LogP contribution >= 0.6 is 0 Å². The van der Waals surface area contributed by atoms with Crippen LogP contribution in [-0.4, -0.2) is 93.1 Å². The summed E-state index contributed by atoms with van der Waals surface area (Å²) in [6.45, 7) is 8.89. The third-order valence-corrected chi connectivity index (χ3v) is 14.9. The van der Waals surface area contributed by atoms with Crippen molar-refractivity contribution in [1.29, 1.82) is 0 Å². The topological polar surface area (TPSA) is 175 Å². The Morgan fingerprint density at radius 1 is 0.612 bits per heavy atom. The van der Waals surface area contributed by atoms with Gasteiger partial charge in [0.05, 0.1) is 50.1 Å². The molecular formula is C53H64N8O6. The van der Waals surface area contributed by atoms with Crippen LogP contribution in [0.1, 0.15) is 120 Å². The van der Waals surface area contributed by atoms with Crippen LogP contribution in [0.2, 0.25) is 0 Å². The molecule has 4 unspecified atom stereocenters. The number of hydrogen-bond acceptors (Lipinski definition) is 8. The number of aromatic amines is 2. The first kappa shape index (κ1) is 45.7. The fourth-order valence-electron chi connectivity index (χ4n) is 11.4. The number of nitrogens with one attached hydrogen (secondary N) is 4. The number of carbonyl (C=O) groups excluding carboxylic acids is 4. The van der Waals surface area contributed by atoms with Crippen LogP contribution in [0.4, 0.5) is 9.59 Å². The van der Waals surface area contributed by atoms with Crippen LogP contribution in [0.5, 0.6) is 0 Å². The van der Waals surface area contributed by atoms with Crippen LogP contribution in [0.25, 0.3) is 44.8 Å².